The number of phenolic OH excluding ortho intramolecular Hbond substituents is 3. The highest BCUT2D eigenvalue weighted by molar-refractivity contribution is 5.96. The van der Waals surface area contributed by atoms with Crippen molar-refractivity contribution >= 4 is 10.8 Å². The van der Waals surface area contributed by atoms with Crippen LogP contribution in [0.4, 0.5) is 0 Å². The smallest absolute Gasteiger partial charge is 0.133 e. The number of unbranched alkanes of at least 4 members (excludes halogenated alkanes) is 1. The SMILES string of the molecule is CN[C@H]1CC[C@H](O)C[C@H]1O[C@H]1c2cc(OCCCCO)c3cc(O)ccc3c2O[C@H](CCCOC)[C@H]1[C@H]1COc2c(Cc3cc(O)ccc3-c3cccc(O)c3)cc(OC3CCCC3)cc2[C@H]1O. The quantitative estimate of drug-likeness (QED) is 0.0414. The zero-order chi connectivity index (χ0) is 47.3. The molecule has 0 bridgehead atoms. The highest BCUT2D eigenvalue weighted by Gasteiger charge is 2.50. The summed E-state index contributed by atoms with van der Waals surface area (Å²) in [5.74, 6) is 1.62. The Hall–Kier alpha value is -5.28. The summed E-state index contributed by atoms with van der Waals surface area (Å²) in [6, 6.07) is 23.3. The fourth-order valence-corrected chi connectivity index (χ4v) is 11.2. The van der Waals surface area contributed by atoms with Crippen LogP contribution in [0.3, 0.4) is 0 Å². The predicted octanol–water partition coefficient (Wildman–Crippen LogP) is 8.79. The van der Waals surface area contributed by atoms with Crippen molar-refractivity contribution in [3.63, 3.8) is 0 Å². The molecule has 13 nitrogen and oxygen atoms in total. The number of hydrogen-bond donors (Lipinski definition) is 7. The molecule has 0 radical (unpaired) electrons. The lowest BCUT2D eigenvalue weighted by atomic mass is 9.72. The molecule has 4 aliphatic rings. The number of fused-ring (bicyclic) bond motifs is 4. The molecular formula is C55H67NO12. The van der Waals surface area contributed by atoms with Gasteiger partial charge in [0.15, 0.2) is 0 Å². The van der Waals surface area contributed by atoms with E-state index in [1.54, 1.807) is 49.6 Å². The molecule has 8 atom stereocenters. The second-order valence-corrected chi connectivity index (χ2v) is 19.1. The average molecular weight is 934 g/mol. The van der Waals surface area contributed by atoms with Crippen LogP contribution in [0.5, 0.6) is 40.2 Å². The lowest BCUT2D eigenvalue weighted by molar-refractivity contribution is -0.151. The molecule has 7 N–H and O–H groups in total. The number of aromatic hydroxyl groups is 3. The first kappa shape index (κ1) is 47.8. The molecule has 13 heteroatoms. The number of nitrogens with one attached hydrogen (secondary N) is 1. The Morgan fingerprint density at radius 1 is 0.765 bits per heavy atom. The Morgan fingerprint density at radius 3 is 2.37 bits per heavy atom. The van der Waals surface area contributed by atoms with Crippen LogP contribution in [0.2, 0.25) is 0 Å². The van der Waals surface area contributed by atoms with E-state index >= 15 is 0 Å². The lowest BCUT2D eigenvalue weighted by Crippen LogP contribution is -2.51. The van der Waals surface area contributed by atoms with Crippen LogP contribution in [0.25, 0.3) is 21.9 Å². The molecule has 2 aliphatic carbocycles. The van der Waals surface area contributed by atoms with Gasteiger partial charge in [-0.05, 0) is 149 Å². The highest BCUT2D eigenvalue weighted by Crippen LogP contribution is 2.55. The van der Waals surface area contributed by atoms with E-state index in [-0.39, 0.29) is 48.7 Å². The van der Waals surface area contributed by atoms with Gasteiger partial charge in [0.25, 0.3) is 0 Å². The van der Waals surface area contributed by atoms with Crippen molar-refractivity contribution in [3.05, 3.63) is 101 Å². The molecule has 2 saturated carbocycles. The Balaban J connectivity index is 1.17. The first-order valence-corrected chi connectivity index (χ1v) is 24.6. The minimum absolute atomic E-state index is 0.0379. The first-order valence-electron chi connectivity index (χ1n) is 24.6. The number of rotatable bonds is 18. The minimum Gasteiger partial charge on any atom is -0.508 e. The van der Waals surface area contributed by atoms with Gasteiger partial charge in [0.1, 0.15) is 46.4 Å². The van der Waals surface area contributed by atoms with E-state index in [4.69, 9.17) is 28.4 Å². The third kappa shape index (κ3) is 10.3. The Morgan fingerprint density at radius 2 is 1.57 bits per heavy atom. The van der Waals surface area contributed by atoms with Crippen molar-refractivity contribution in [1.29, 1.82) is 0 Å². The molecule has 364 valence electrons. The maximum absolute atomic E-state index is 13.1. The van der Waals surface area contributed by atoms with Crippen molar-refractivity contribution in [3.8, 4) is 51.4 Å². The lowest BCUT2D eigenvalue weighted by Gasteiger charge is -2.48. The number of benzene rings is 5. The van der Waals surface area contributed by atoms with Gasteiger partial charge in [-0.15, -0.1) is 0 Å². The topological polar surface area (TPSA) is 189 Å². The maximum atomic E-state index is 13.1. The van der Waals surface area contributed by atoms with Gasteiger partial charge in [0.05, 0.1) is 43.7 Å². The van der Waals surface area contributed by atoms with E-state index in [0.29, 0.717) is 92.1 Å². The second kappa shape index (κ2) is 21.6. The number of ether oxygens (including phenoxy) is 6. The van der Waals surface area contributed by atoms with E-state index in [1.807, 2.05) is 43.4 Å². The monoisotopic (exact) mass is 933 g/mol. The molecule has 2 aliphatic heterocycles. The van der Waals surface area contributed by atoms with Crippen molar-refractivity contribution in [2.45, 2.75) is 120 Å². The normalized spacial score (nSPS) is 24.8. The molecule has 5 aromatic rings. The standard InChI is InChI=1S/C55H67NO12/c1-56-47-19-16-38(61)28-50(47)68-55-45-30-49(64-22-6-5-20-57)43-27-37(60)15-18-42(43)54(45)67-48(13-8-21-63-2)51(55)46-31-65-53-34(26-40(29-44(53)52(46)62)66-39-11-3-4-12-39)23-33-25-36(59)14-17-41(33)32-9-7-10-35(58)24-32/h7,9-10,14-15,17-18,24-27,29-30,38-39,46-48,50-52,55-62H,3-6,8,11-13,16,19-23,28,31H2,1-2H3/t38-,46+,47-,48+,50+,51+,52+,55-/m0/s1. The molecule has 0 saturated heterocycles. The summed E-state index contributed by atoms with van der Waals surface area (Å²) in [7, 11) is 3.60. The maximum Gasteiger partial charge on any atom is 0.133 e. The van der Waals surface area contributed by atoms with Gasteiger partial charge in [-0.1, -0.05) is 18.2 Å². The van der Waals surface area contributed by atoms with Crippen molar-refractivity contribution in [2.75, 3.05) is 40.6 Å². The molecule has 2 heterocycles. The Labute approximate surface area is 398 Å². The third-order valence-electron chi connectivity index (χ3n) is 14.6. The third-order valence-corrected chi connectivity index (χ3v) is 14.6. The summed E-state index contributed by atoms with van der Waals surface area (Å²) in [6.45, 7) is 1.01. The Kier molecular flexibility index (Phi) is 15.2. The van der Waals surface area contributed by atoms with Crippen LogP contribution in [-0.4, -0.2) is 102 Å². The molecule has 0 spiro atoms. The predicted molar refractivity (Wildman–Crippen MR) is 258 cm³/mol. The van der Waals surface area contributed by atoms with Crippen molar-refractivity contribution in [1.82, 2.24) is 5.32 Å². The summed E-state index contributed by atoms with van der Waals surface area (Å²) in [5, 5.41) is 70.6. The van der Waals surface area contributed by atoms with Gasteiger partial charge >= 0.3 is 0 Å². The minimum atomic E-state index is -1.06. The number of likely N-dealkylation sites (N-methyl/N-ethyl adjacent to an activating group) is 1. The number of phenols is 3. The summed E-state index contributed by atoms with van der Waals surface area (Å²) in [4.78, 5) is 0. The van der Waals surface area contributed by atoms with Crippen LogP contribution in [0, 0.1) is 11.8 Å². The zero-order valence-corrected chi connectivity index (χ0v) is 39.1. The first-order chi connectivity index (χ1) is 33.1. The largest absolute Gasteiger partial charge is 0.508 e. The molecule has 0 unspecified atom stereocenters. The molecule has 68 heavy (non-hydrogen) atoms. The van der Waals surface area contributed by atoms with E-state index in [2.05, 4.69) is 5.32 Å². The van der Waals surface area contributed by atoms with Crippen molar-refractivity contribution < 1.29 is 59.1 Å². The number of methoxy groups -OCH3 is 1. The zero-order valence-electron chi connectivity index (χ0n) is 39.1. The van der Waals surface area contributed by atoms with Crippen LogP contribution in [0.15, 0.2) is 78.9 Å². The molecule has 5 aromatic carbocycles. The molecule has 9 rings (SSSR count). The number of hydrogen-bond acceptors (Lipinski definition) is 13. The molecule has 2 fully saturated rings. The van der Waals surface area contributed by atoms with Crippen LogP contribution >= 0.6 is 0 Å². The van der Waals surface area contributed by atoms with Gasteiger partial charge in [-0.3, -0.25) is 0 Å². The summed E-state index contributed by atoms with van der Waals surface area (Å²) >= 11 is 0. The second-order valence-electron chi connectivity index (χ2n) is 19.1. The van der Waals surface area contributed by atoms with Crippen molar-refractivity contribution in [2.24, 2.45) is 11.8 Å². The van der Waals surface area contributed by atoms with Crippen LogP contribution < -0.4 is 24.3 Å². The summed E-state index contributed by atoms with van der Waals surface area (Å²) < 4.78 is 40.3. The molecule has 0 aromatic heterocycles. The van der Waals surface area contributed by atoms with Gasteiger partial charge in [-0.25, -0.2) is 0 Å². The van der Waals surface area contributed by atoms with E-state index < -0.39 is 36.3 Å². The van der Waals surface area contributed by atoms with Gasteiger partial charge in [0.2, 0.25) is 0 Å². The molecular weight excluding hydrogens is 867 g/mol. The van der Waals surface area contributed by atoms with Gasteiger partial charge < -0.3 is 64.4 Å². The Bertz CT molecular complexity index is 2510. The fourth-order valence-electron chi connectivity index (χ4n) is 11.2. The number of aliphatic hydroxyl groups is 3. The fraction of sp³-hybridized carbons (Fsp3) is 0.491. The van der Waals surface area contributed by atoms with E-state index in [0.717, 1.165) is 65.3 Å². The van der Waals surface area contributed by atoms with E-state index in [9.17, 15) is 30.6 Å². The molecule has 0 amide bonds. The summed E-state index contributed by atoms with van der Waals surface area (Å²) in [6.07, 6.45) is 5.49. The van der Waals surface area contributed by atoms with Gasteiger partial charge in [-0.2, -0.15) is 0 Å². The number of aliphatic hydroxyl groups excluding tert-OH is 3. The highest BCUT2D eigenvalue weighted by atomic mass is 16.5. The van der Waals surface area contributed by atoms with Crippen LogP contribution in [0.1, 0.15) is 105 Å². The van der Waals surface area contributed by atoms with E-state index in [1.165, 1.54) is 0 Å². The van der Waals surface area contributed by atoms with Crippen LogP contribution in [-0.2, 0) is 15.9 Å². The average Bonchev–Trinajstić information content (AvgIpc) is 3.84. The summed E-state index contributed by atoms with van der Waals surface area (Å²) in [5.41, 5.74) is 4.57. The van der Waals surface area contributed by atoms with Gasteiger partial charge in [0, 0.05) is 78.5 Å².